The highest BCUT2D eigenvalue weighted by Crippen LogP contribution is 2.32. The monoisotopic (exact) mass is 365 g/mol. The first kappa shape index (κ1) is 17.0. The van der Waals surface area contributed by atoms with Crippen LogP contribution in [0.3, 0.4) is 0 Å². The number of pyridine rings is 1. The molecule has 0 aliphatic carbocycles. The minimum absolute atomic E-state index is 0.0702. The molecule has 0 spiro atoms. The molecule has 1 unspecified atom stereocenters. The third-order valence-corrected chi connectivity index (χ3v) is 4.96. The van der Waals surface area contributed by atoms with Crippen LogP contribution in [0.4, 0.5) is 17.2 Å². The average Bonchev–Trinajstić information content (AvgIpc) is 2.77. The van der Waals surface area contributed by atoms with Crippen molar-refractivity contribution >= 4 is 22.8 Å². The quantitative estimate of drug-likeness (QED) is 0.512. The molecule has 1 aliphatic heterocycles. The van der Waals surface area contributed by atoms with E-state index >= 15 is 0 Å². The third-order valence-electron chi connectivity index (χ3n) is 4.96. The molecule has 3 aromatic rings. The van der Waals surface area contributed by atoms with E-state index in [0.29, 0.717) is 18.7 Å². The smallest absolute Gasteiger partial charge is 0.372 e. The fourth-order valence-corrected chi connectivity index (χ4v) is 3.66. The summed E-state index contributed by atoms with van der Waals surface area (Å²) in [5.74, 6) is 0.119. The Kier molecular flexibility index (Phi) is 4.02. The number of likely N-dealkylation sites (N-methyl/N-ethyl adjacent to an activating group) is 1. The average molecular weight is 365 g/mol. The molecule has 4 rings (SSSR count). The molecule has 0 fully saturated rings. The Labute approximate surface area is 155 Å². The lowest BCUT2D eigenvalue weighted by molar-refractivity contribution is -0.385. The second kappa shape index (κ2) is 6.39. The Balaban J connectivity index is 1.94. The van der Waals surface area contributed by atoms with Crippen molar-refractivity contribution in [2.24, 2.45) is 0 Å². The lowest BCUT2D eigenvalue weighted by Gasteiger charge is -2.29. The summed E-state index contributed by atoms with van der Waals surface area (Å²) in [4.78, 5) is 32.4. The maximum atomic E-state index is 12.8. The summed E-state index contributed by atoms with van der Waals surface area (Å²) in [7, 11) is 2.00. The maximum Gasteiger partial charge on any atom is 0.376 e. The molecular weight excluding hydrogens is 346 g/mol. The lowest BCUT2D eigenvalue weighted by Crippen LogP contribution is -2.40. The van der Waals surface area contributed by atoms with E-state index in [1.165, 1.54) is 10.6 Å². The lowest BCUT2D eigenvalue weighted by atomic mass is 10.1. The van der Waals surface area contributed by atoms with Gasteiger partial charge in [-0.05, 0) is 30.7 Å². The summed E-state index contributed by atoms with van der Waals surface area (Å²) in [6, 6.07) is 13.0. The van der Waals surface area contributed by atoms with Gasteiger partial charge in [0.2, 0.25) is 5.82 Å². The summed E-state index contributed by atoms with van der Waals surface area (Å²) in [5, 5.41) is 11.7. The van der Waals surface area contributed by atoms with Crippen molar-refractivity contribution in [2.45, 2.75) is 19.5 Å². The largest absolute Gasteiger partial charge is 0.376 e. The Morgan fingerprint density at radius 1 is 1.19 bits per heavy atom. The molecule has 0 N–H and O–H groups in total. The van der Waals surface area contributed by atoms with E-state index in [-0.39, 0.29) is 11.9 Å². The topological polar surface area (TPSA) is 84.0 Å². The zero-order chi connectivity index (χ0) is 19.1. The van der Waals surface area contributed by atoms with Gasteiger partial charge in [-0.1, -0.05) is 24.3 Å². The summed E-state index contributed by atoms with van der Waals surface area (Å²) in [5.41, 5.74) is 1.34. The summed E-state index contributed by atoms with van der Waals surface area (Å²) >= 11 is 0. The molecule has 8 heteroatoms. The zero-order valence-electron chi connectivity index (χ0n) is 15.1. The number of nitrogens with zero attached hydrogens (tertiary/aromatic N) is 5. The summed E-state index contributed by atoms with van der Waals surface area (Å²) in [6.45, 7) is 3.09. The van der Waals surface area contributed by atoms with Crippen LogP contribution in [-0.4, -0.2) is 33.9 Å². The van der Waals surface area contributed by atoms with Crippen LogP contribution in [0.15, 0.2) is 53.5 Å². The van der Waals surface area contributed by atoms with Crippen LogP contribution in [0.5, 0.6) is 0 Å². The molecule has 0 amide bonds. The van der Waals surface area contributed by atoms with Gasteiger partial charge in [-0.2, -0.15) is 0 Å². The number of benzene rings is 1. The van der Waals surface area contributed by atoms with Crippen LogP contribution >= 0.6 is 0 Å². The van der Waals surface area contributed by atoms with Crippen LogP contribution in [0, 0.1) is 10.1 Å². The van der Waals surface area contributed by atoms with E-state index in [2.05, 4.69) is 9.88 Å². The van der Waals surface area contributed by atoms with Crippen molar-refractivity contribution in [3.63, 3.8) is 0 Å². The number of nitro groups is 1. The minimum Gasteiger partial charge on any atom is -0.372 e. The van der Waals surface area contributed by atoms with Gasteiger partial charge in [-0.3, -0.25) is 19.3 Å². The van der Waals surface area contributed by atoms with Crippen molar-refractivity contribution < 1.29 is 4.92 Å². The highest BCUT2D eigenvalue weighted by atomic mass is 16.6. The van der Waals surface area contributed by atoms with E-state index in [4.69, 9.17) is 0 Å². The Morgan fingerprint density at radius 2 is 1.93 bits per heavy atom. The number of aromatic nitrogens is 2. The maximum absolute atomic E-state index is 12.8. The molecule has 2 aromatic heterocycles. The van der Waals surface area contributed by atoms with Crippen molar-refractivity contribution in [3.8, 4) is 0 Å². The SMILES string of the molecule is CC1CN(C)c2ccccc2CN1c1nc2ccccn2c(=O)c1[N+](=O)[O-]. The van der Waals surface area contributed by atoms with E-state index in [1.807, 2.05) is 43.1 Å². The van der Waals surface area contributed by atoms with Gasteiger partial charge >= 0.3 is 11.2 Å². The first-order valence-corrected chi connectivity index (χ1v) is 8.69. The standard InChI is InChI=1S/C19H19N5O3/c1-13-11-21(2)15-8-4-3-7-14(15)12-23(13)18-17(24(26)27)19(25)22-10-6-5-9-16(22)20-18/h3-10,13H,11-12H2,1-2H3. The van der Waals surface area contributed by atoms with Gasteiger partial charge in [0.25, 0.3) is 0 Å². The number of rotatable bonds is 2. The van der Waals surface area contributed by atoms with Gasteiger partial charge in [0.15, 0.2) is 0 Å². The van der Waals surface area contributed by atoms with Gasteiger partial charge in [-0.15, -0.1) is 0 Å². The molecule has 8 nitrogen and oxygen atoms in total. The second-order valence-corrected chi connectivity index (χ2v) is 6.76. The highest BCUT2D eigenvalue weighted by Gasteiger charge is 2.32. The zero-order valence-corrected chi connectivity index (χ0v) is 15.1. The molecule has 3 heterocycles. The van der Waals surface area contributed by atoms with Crippen LogP contribution < -0.4 is 15.4 Å². The number of anilines is 2. The molecule has 0 saturated carbocycles. The van der Waals surface area contributed by atoms with Crippen LogP contribution in [0.2, 0.25) is 0 Å². The van der Waals surface area contributed by atoms with Crippen molar-refractivity contribution in [3.05, 3.63) is 74.7 Å². The van der Waals surface area contributed by atoms with Crippen molar-refractivity contribution in [1.29, 1.82) is 0 Å². The first-order valence-electron chi connectivity index (χ1n) is 8.69. The molecule has 1 aliphatic rings. The van der Waals surface area contributed by atoms with Crippen LogP contribution in [-0.2, 0) is 6.54 Å². The van der Waals surface area contributed by atoms with Crippen molar-refractivity contribution in [1.82, 2.24) is 9.38 Å². The Bertz CT molecular complexity index is 1090. The summed E-state index contributed by atoms with van der Waals surface area (Å²) < 4.78 is 1.21. The van der Waals surface area contributed by atoms with Crippen molar-refractivity contribution in [2.75, 3.05) is 23.4 Å². The second-order valence-electron chi connectivity index (χ2n) is 6.76. The van der Waals surface area contributed by atoms with Gasteiger partial charge in [0.05, 0.1) is 4.92 Å². The number of fused-ring (bicyclic) bond motifs is 2. The van der Waals surface area contributed by atoms with E-state index in [0.717, 1.165) is 11.3 Å². The van der Waals surface area contributed by atoms with Gasteiger partial charge in [-0.25, -0.2) is 4.98 Å². The van der Waals surface area contributed by atoms with Gasteiger partial charge in [0.1, 0.15) is 5.65 Å². The molecule has 138 valence electrons. The normalized spacial score (nSPS) is 16.9. The number of para-hydroxylation sites is 1. The van der Waals surface area contributed by atoms with Gasteiger partial charge in [0, 0.05) is 38.1 Å². The predicted octanol–water partition coefficient (Wildman–Crippen LogP) is 2.45. The molecular formula is C19H19N5O3. The third kappa shape index (κ3) is 2.79. The van der Waals surface area contributed by atoms with Crippen LogP contribution in [0.25, 0.3) is 5.65 Å². The predicted molar refractivity (Wildman–Crippen MR) is 103 cm³/mol. The summed E-state index contributed by atoms with van der Waals surface area (Å²) in [6.07, 6.45) is 1.50. The highest BCUT2D eigenvalue weighted by molar-refractivity contribution is 5.65. The Morgan fingerprint density at radius 3 is 2.70 bits per heavy atom. The minimum atomic E-state index is -0.668. The molecule has 27 heavy (non-hydrogen) atoms. The first-order chi connectivity index (χ1) is 13.0. The molecule has 1 atom stereocenters. The van der Waals surface area contributed by atoms with Crippen LogP contribution in [0.1, 0.15) is 12.5 Å². The molecule has 1 aromatic carbocycles. The van der Waals surface area contributed by atoms with E-state index in [9.17, 15) is 14.9 Å². The fourth-order valence-electron chi connectivity index (χ4n) is 3.66. The van der Waals surface area contributed by atoms with Gasteiger partial charge < -0.3 is 9.80 Å². The fraction of sp³-hybridized carbons (Fsp3) is 0.263. The molecule has 0 radical (unpaired) electrons. The number of hydrogen-bond acceptors (Lipinski definition) is 6. The molecule has 0 saturated heterocycles. The van der Waals surface area contributed by atoms with E-state index < -0.39 is 16.2 Å². The van der Waals surface area contributed by atoms with E-state index in [1.54, 1.807) is 18.2 Å². The number of hydrogen-bond donors (Lipinski definition) is 0. The molecule has 0 bridgehead atoms. The Hall–Kier alpha value is -3.42.